The predicted octanol–water partition coefficient (Wildman–Crippen LogP) is 3.04. The number of phenolic OH excluding ortho intramolecular Hbond substituents is 1. The number of carbonyl (C=O) groups excluding carboxylic acids is 1. The summed E-state index contributed by atoms with van der Waals surface area (Å²) in [5, 5.41) is 13.9. The van der Waals surface area contributed by atoms with E-state index in [1.54, 1.807) is 36.0 Å². The zero-order valence-corrected chi connectivity index (χ0v) is 14.5. The third-order valence-corrected chi connectivity index (χ3v) is 4.03. The zero-order valence-electron chi connectivity index (χ0n) is 12.9. The molecule has 2 N–H and O–H groups in total. The van der Waals surface area contributed by atoms with Gasteiger partial charge in [0.1, 0.15) is 12.3 Å². The molecular weight excluding hydrogens is 372 g/mol. The lowest BCUT2D eigenvalue weighted by molar-refractivity contribution is -0.121. The van der Waals surface area contributed by atoms with Gasteiger partial charge in [-0.3, -0.25) is 4.79 Å². The molecule has 7 heteroatoms. The van der Waals surface area contributed by atoms with Crippen molar-refractivity contribution >= 4 is 38.6 Å². The van der Waals surface area contributed by atoms with Gasteiger partial charge < -0.3 is 9.67 Å². The van der Waals surface area contributed by atoms with Gasteiger partial charge in [0.15, 0.2) is 0 Å². The Morgan fingerprint density at radius 2 is 2.12 bits per heavy atom. The molecule has 0 fully saturated rings. The molecule has 0 bridgehead atoms. The molecule has 24 heavy (non-hydrogen) atoms. The van der Waals surface area contributed by atoms with Gasteiger partial charge in [0, 0.05) is 10.0 Å². The fourth-order valence-electron chi connectivity index (χ4n) is 2.33. The summed E-state index contributed by atoms with van der Waals surface area (Å²) in [6.07, 6.45) is 1.63. The first-order valence-corrected chi connectivity index (χ1v) is 8.06. The lowest BCUT2D eigenvalue weighted by Gasteiger charge is -2.06. The van der Waals surface area contributed by atoms with Crippen LogP contribution in [0.4, 0.5) is 0 Å². The van der Waals surface area contributed by atoms with Crippen molar-refractivity contribution in [2.75, 3.05) is 0 Å². The Balaban J connectivity index is 1.72. The van der Waals surface area contributed by atoms with Crippen LogP contribution in [0.25, 0.3) is 11.0 Å². The highest BCUT2D eigenvalue weighted by Gasteiger charge is 2.08. The maximum atomic E-state index is 12.1. The molecule has 0 saturated heterocycles. The number of aromatic nitrogens is 2. The number of fused-ring (bicyclic) bond motifs is 1. The van der Waals surface area contributed by atoms with Gasteiger partial charge in [-0.15, -0.1) is 0 Å². The highest BCUT2D eigenvalue weighted by atomic mass is 79.9. The lowest BCUT2D eigenvalue weighted by Crippen LogP contribution is -2.24. The maximum Gasteiger partial charge on any atom is 0.260 e. The number of hydrogen-bond acceptors (Lipinski definition) is 4. The fourth-order valence-corrected chi connectivity index (χ4v) is 2.69. The molecule has 1 amide bonds. The van der Waals surface area contributed by atoms with Crippen LogP contribution in [0.3, 0.4) is 0 Å². The summed E-state index contributed by atoms with van der Waals surface area (Å²) < 4.78 is 2.58. The molecule has 122 valence electrons. The van der Waals surface area contributed by atoms with Gasteiger partial charge in [-0.05, 0) is 37.3 Å². The Hall–Kier alpha value is -2.67. The van der Waals surface area contributed by atoms with Crippen LogP contribution in [0.2, 0.25) is 0 Å². The maximum absolute atomic E-state index is 12.1. The number of carbonyl (C=O) groups is 1. The number of nitrogens with zero attached hydrogens (tertiary/aromatic N) is 3. The molecule has 0 aliphatic heterocycles. The second-order valence-electron chi connectivity index (χ2n) is 5.25. The fraction of sp³-hybridized carbons (Fsp3) is 0.118. The van der Waals surface area contributed by atoms with Crippen LogP contribution in [0.15, 0.2) is 58.4 Å². The van der Waals surface area contributed by atoms with Gasteiger partial charge in [0.25, 0.3) is 5.91 Å². The smallest absolute Gasteiger partial charge is 0.260 e. The zero-order chi connectivity index (χ0) is 17.1. The van der Waals surface area contributed by atoms with Crippen molar-refractivity contribution in [3.63, 3.8) is 0 Å². The summed E-state index contributed by atoms with van der Waals surface area (Å²) in [6.45, 7) is 1.83. The lowest BCUT2D eigenvalue weighted by atomic mass is 10.1. The Labute approximate surface area is 147 Å². The number of amides is 1. The van der Waals surface area contributed by atoms with Crippen LogP contribution in [-0.4, -0.2) is 26.3 Å². The Morgan fingerprint density at radius 3 is 2.96 bits per heavy atom. The van der Waals surface area contributed by atoms with Crippen LogP contribution in [0, 0.1) is 0 Å². The van der Waals surface area contributed by atoms with Crippen molar-refractivity contribution in [2.24, 2.45) is 5.10 Å². The van der Waals surface area contributed by atoms with Crippen LogP contribution < -0.4 is 5.43 Å². The van der Waals surface area contributed by atoms with Gasteiger partial charge in [0.2, 0.25) is 0 Å². The van der Waals surface area contributed by atoms with E-state index in [4.69, 9.17) is 0 Å². The second-order valence-corrected chi connectivity index (χ2v) is 6.17. The van der Waals surface area contributed by atoms with Crippen molar-refractivity contribution < 1.29 is 9.90 Å². The molecule has 0 saturated carbocycles. The van der Waals surface area contributed by atoms with Gasteiger partial charge in [-0.2, -0.15) is 5.10 Å². The molecule has 1 aromatic heterocycles. The van der Waals surface area contributed by atoms with Crippen molar-refractivity contribution in [3.05, 3.63) is 58.8 Å². The molecule has 0 radical (unpaired) electrons. The molecule has 6 nitrogen and oxygen atoms in total. The number of phenols is 1. The summed E-state index contributed by atoms with van der Waals surface area (Å²) in [5.74, 6) is -0.165. The second kappa shape index (κ2) is 6.84. The van der Waals surface area contributed by atoms with Crippen LogP contribution in [0.5, 0.6) is 5.75 Å². The highest BCUT2D eigenvalue weighted by Crippen LogP contribution is 2.22. The van der Waals surface area contributed by atoms with Gasteiger partial charge >= 0.3 is 0 Å². The average Bonchev–Trinajstić information content (AvgIpc) is 2.98. The first-order valence-electron chi connectivity index (χ1n) is 7.26. The van der Waals surface area contributed by atoms with Crippen molar-refractivity contribution in [1.29, 1.82) is 0 Å². The molecule has 3 rings (SSSR count). The number of aromatic hydroxyl groups is 1. The monoisotopic (exact) mass is 386 g/mol. The summed E-state index contributed by atoms with van der Waals surface area (Å²) >= 11 is 3.34. The topological polar surface area (TPSA) is 79.5 Å². The van der Waals surface area contributed by atoms with E-state index in [0.717, 1.165) is 15.5 Å². The van der Waals surface area contributed by atoms with E-state index in [2.05, 4.69) is 31.4 Å². The molecule has 2 aromatic carbocycles. The Bertz CT molecular complexity index is 933. The normalized spacial score (nSPS) is 11.7. The molecule has 0 atom stereocenters. The largest absolute Gasteiger partial charge is 0.507 e. The average molecular weight is 387 g/mol. The molecule has 0 aliphatic carbocycles. The third-order valence-electron chi connectivity index (χ3n) is 3.54. The van der Waals surface area contributed by atoms with E-state index in [1.165, 1.54) is 0 Å². The summed E-state index contributed by atoms with van der Waals surface area (Å²) in [4.78, 5) is 16.3. The van der Waals surface area contributed by atoms with Gasteiger partial charge in [-0.25, -0.2) is 10.4 Å². The van der Waals surface area contributed by atoms with E-state index in [9.17, 15) is 9.90 Å². The molecular formula is C17H15BrN4O2. The van der Waals surface area contributed by atoms with Crippen LogP contribution in [0.1, 0.15) is 12.5 Å². The van der Waals surface area contributed by atoms with Crippen LogP contribution in [-0.2, 0) is 11.3 Å². The summed E-state index contributed by atoms with van der Waals surface area (Å²) in [7, 11) is 0. The first kappa shape index (κ1) is 16.2. The molecule has 1 heterocycles. The van der Waals surface area contributed by atoms with Crippen LogP contribution >= 0.6 is 15.9 Å². The molecule has 0 spiro atoms. The Morgan fingerprint density at radius 1 is 1.33 bits per heavy atom. The minimum absolute atomic E-state index is 0.106. The molecule has 3 aromatic rings. The highest BCUT2D eigenvalue weighted by molar-refractivity contribution is 9.10. The van der Waals surface area contributed by atoms with E-state index in [-0.39, 0.29) is 18.2 Å². The quantitative estimate of drug-likeness (QED) is 0.534. The number of hydrogen-bond donors (Lipinski definition) is 2. The molecule has 0 unspecified atom stereocenters. The minimum Gasteiger partial charge on any atom is -0.507 e. The standard InChI is InChI=1S/C17H15BrN4O2/c1-11(13-8-12(18)6-7-16(13)23)20-21-17(24)9-22-10-19-14-4-2-3-5-15(14)22/h2-8,10,23H,9H2,1H3,(H,21,24)/b20-11+. The number of rotatable bonds is 4. The predicted molar refractivity (Wildman–Crippen MR) is 95.9 cm³/mol. The molecule has 0 aliphatic rings. The summed E-state index contributed by atoms with van der Waals surface area (Å²) in [5.41, 5.74) is 5.29. The van der Waals surface area contributed by atoms with E-state index in [0.29, 0.717) is 11.3 Å². The number of hydrazone groups is 1. The van der Waals surface area contributed by atoms with E-state index >= 15 is 0 Å². The number of imidazole rings is 1. The first-order chi connectivity index (χ1) is 11.5. The Kier molecular flexibility index (Phi) is 4.61. The van der Waals surface area contributed by atoms with Crippen molar-refractivity contribution in [1.82, 2.24) is 15.0 Å². The number of para-hydroxylation sites is 2. The number of benzene rings is 2. The minimum atomic E-state index is -0.271. The SMILES string of the molecule is C/C(=N\NC(=O)Cn1cnc2ccccc21)c1cc(Br)ccc1O. The van der Waals surface area contributed by atoms with Gasteiger partial charge in [0.05, 0.1) is 23.1 Å². The van der Waals surface area contributed by atoms with E-state index in [1.807, 2.05) is 24.3 Å². The van der Waals surface area contributed by atoms with Gasteiger partial charge in [-0.1, -0.05) is 28.1 Å². The van der Waals surface area contributed by atoms with Crippen molar-refractivity contribution in [3.8, 4) is 5.75 Å². The number of nitrogens with one attached hydrogen (secondary N) is 1. The van der Waals surface area contributed by atoms with Crippen molar-refractivity contribution in [2.45, 2.75) is 13.5 Å². The van der Waals surface area contributed by atoms with E-state index < -0.39 is 0 Å². The third kappa shape index (κ3) is 3.46. The summed E-state index contributed by atoms with van der Waals surface area (Å²) in [6, 6.07) is 12.6. The number of halogens is 1.